The van der Waals surface area contributed by atoms with E-state index in [1.54, 1.807) is 24.3 Å². The predicted octanol–water partition coefficient (Wildman–Crippen LogP) is 4.69. The summed E-state index contributed by atoms with van der Waals surface area (Å²) >= 11 is 9.94. The molecule has 0 saturated carbocycles. The number of hydrogen-bond acceptors (Lipinski definition) is 5. The van der Waals surface area contributed by atoms with Gasteiger partial charge in [-0.2, -0.15) is 0 Å². The van der Waals surface area contributed by atoms with Crippen molar-refractivity contribution < 1.29 is 9.21 Å². The third-order valence-corrected chi connectivity index (χ3v) is 6.25. The number of benzene rings is 2. The van der Waals surface area contributed by atoms with Crippen molar-refractivity contribution >= 4 is 61.2 Å². The van der Waals surface area contributed by atoms with Crippen LogP contribution in [0.15, 0.2) is 50.1 Å². The molecular formula is C22H18BrClN4O3. The molecule has 158 valence electrons. The van der Waals surface area contributed by atoms with E-state index in [0.29, 0.717) is 39.7 Å². The van der Waals surface area contributed by atoms with Gasteiger partial charge >= 0.3 is 0 Å². The van der Waals surface area contributed by atoms with Crippen LogP contribution in [0.2, 0.25) is 5.02 Å². The number of amides is 1. The van der Waals surface area contributed by atoms with Gasteiger partial charge < -0.3 is 20.0 Å². The minimum Gasteiger partial charge on any atom is -0.449 e. The number of H-pyrrole nitrogens is 1. The number of nitrogens with zero attached hydrogens (tertiary/aromatic N) is 1. The first kappa shape index (κ1) is 20.2. The Morgan fingerprint density at radius 2 is 2.13 bits per heavy atom. The van der Waals surface area contributed by atoms with E-state index in [-0.39, 0.29) is 23.0 Å². The van der Waals surface area contributed by atoms with Crippen LogP contribution in [-0.4, -0.2) is 29.0 Å². The molecule has 1 amide bonds. The Morgan fingerprint density at radius 3 is 2.90 bits per heavy atom. The van der Waals surface area contributed by atoms with Gasteiger partial charge in [0.15, 0.2) is 0 Å². The molecule has 1 atom stereocenters. The molecule has 7 nitrogen and oxygen atoms in total. The second-order valence-electron chi connectivity index (χ2n) is 7.56. The smallest absolute Gasteiger partial charge is 0.294 e. The molecule has 4 aromatic rings. The topological polar surface area (TPSA) is 100 Å². The maximum atomic E-state index is 12.6. The maximum Gasteiger partial charge on any atom is 0.294 e. The molecule has 31 heavy (non-hydrogen) atoms. The molecule has 9 heteroatoms. The van der Waals surface area contributed by atoms with Gasteiger partial charge in [0.25, 0.3) is 5.56 Å². The minimum atomic E-state index is -0.384. The van der Waals surface area contributed by atoms with E-state index in [1.165, 1.54) is 0 Å². The lowest BCUT2D eigenvalue weighted by Crippen LogP contribution is -2.37. The highest BCUT2D eigenvalue weighted by Gasteiger charge is 2.21. The summed E-state index contributed by atoms with van der Waals surface area (Å²) < 4.78 is 6.53. The van der Waals surface area contributed by atoms with Crippen molar-refractivity contribution in [3.63, 3.8) is 0 Å². The van der Waals surface area contributed by atoms with E-state index >= 15 is 0 Å². The number of piperidine rings is 1. The predicted molar refractivity (Wildman–Crippen MR) is 125 cm³/mol. The number of furan rings is 1. The average molecular weight is 502 g/mol. The van der Waals surface area contributed by atoms with Gasteiger partial charge in [0.2, 0.25) is 11.5 Å². The van der Waals surface area contributed by atoms with Crippen molar-refractivity contribution in [2.45, 2.75) is 12.8 Å². The zero-order chi connectivity index (χ0) is 21.5. The molecule has 0 bridgehead atoms. The number of hydrogen-bond donors (Lipinski definition) is 3. The Hall–Kier alpha value is -2.68. The van der Waals surface area contributed by atoms with E-state index < -0.39 is 0 Å². The van der Waals surface area contributed by atoms with Gasteiger partial charge in [-0.1, -0.05) is 27.5 Å². The zero-order valence-electron chi connectivity index (χ0n) is 16.3. The van der Waals surface area contributed by atoms with E-state index in [1.807, 2.05) is 12.1 Å². The van der Waals surface area contributed by atoms with E-state index in [2.05, 4.69) is 36.5 Å². The number of aromatic nitrogens is 2. The molecule has 2 aromatic heterocycles. The fraction of sp³-hybridized carbons (Fsp3) is 0.227. The molecule has 2 aromatic carbocycles. The van der Waals surface area contributed by atoms with Crippen LogP contribution in [0.25, 0.3) is 33.5 Å². The highest BCUT2D eigenvalue weighted by atomic mass is 79.9. The number of carbonyl (C=O) groups excluding carboxylic acids is 1. The minimum absolute atomic E-state index is 0.0283. The van der Waals surface area contributed by atoms with Crippen molar-refractivity contribution in [1.29, 1.82) is 0 Å². The van der Waals surface area contributed by atoms with E-state index in [4.69, 9.17) is 16.0 Å². The molecule has 0 spiro atoms. The van der Waals surface area contributed by atoms with Gasteiger partial charge in [0.05, 0.1) is 10.9 Å². The van der Waals surface area contributed by atoms with Gasteiger partial charge in [0, 0.05) is 27.7 Å². The second-order valence-corrected chi connectivity index (χ2v) is 8.88. The molecule has 1 aliphatic heterocycles. The number of carbonyl (C=O) groups is 1. The third kappa shape index (κ3) is 3.86. The summed E-state index contributed by atoms with van der Waals surface area (Å²) in [5.41, 5.74) is 1.99. The van der Waals surface area contributed by atoms with E-state index in [9.17, 15) is 9.59 Å². The molecule has 1 aliphatic rings. The second kappa shape index (κ2) is 8.11. The normalized spacial score (nSPS) is 16.6. The Labute approximate surface area is 190 Å². The number of fused-ring (bicyclic) bond motifs is 3. The van der Waals surface area contributed by atoms with Gasteiger partial charge in [-0.05, 0) is 55.8 Å². The maximum absolute atomic E-state index is 12.6. The number of halogens is 2. The molecule has 5 rings (SSSR count). The fourth-order valence-corrected chi connectivity index (χ4v) is 4.49. The monoisotopic (exact) mass is 500 g/mol. The molecule has 3 N–H and O–H groups in total. The van der Waals surface area contributed by atoms with Crippen LogP contribution in [0, 0.1) is 5.92 Å². The van der Waals surface area contributed by atoms with Crippen LogP contribution >= 0.6 is 27.5 Å². The van der Waals surface area contributed by atoms with Crippen LogP contribution in [0.3, 0.4) is 0 Å². The summed E-state index contributed by atoms with van der Waals surface area (Å²) in [6.07, 6.45) is 1.85. The number of nitrogens with one attached hydrogen (secondary N) is 3. The van der Waals surface area contributed by atoms with Crippen LogP contribution in [-0.2, 0) is 4.79 Å². The first-order valence-electron chi connectivity index (χ1n) is 9.93. The molecule has 1 unspecified atom stereocenters. The number of rotatable bonds is 3. The summed E-state index contributed by atoms with van der Waals surface area (Å²) in [6.45, 7) is 1.63. The molecular weight excluding hydrogens is 484 g/mol. The highest BCUT2D eigenvalue weighted by Crippen LogP contribution is 2.32. The quantitative estimate of drug-likeness (QED) is 0.378. The SMILES string of the molecule is O=C(Nc1ccc(-c2nc3c(oc4ccc(Br)cc43)c(=O)[nH]2)c(Cl)c1)C1CCCNC1. The van der Waals surface area contributed by atoms with Crippen LogP contribution < -0.4 is 16.2 Å². The van der Waals surface area contributed by atoms with Gasteiger partial charge in [0.1, 0.15) is 16.9 Å². The Kier molecular flexibility index (Phi) is 5.29. The Balaban J connectivity index is 1.49. The zero-order valence-corrected chi connectivity index (χ0v) is 18.6. The largest absolute Gasteiger partial charge is 0.449 e. The van der Waals surface area contributed by atoms with Crippen molar-refractivity contribution in [3.05, 3.63) is 56.2 Å². The molecule has 0 aliphatic carbocycles. The third-order valence-electron chi connectivity index (χ3n) is 5.45. The first-order chi connectivity index (χ1) is 15.0. The van der Waals surface area contributed by atoms with Crippen molar-refractivity contribution in [2.24, 2.45) is 5.92 Å². The Morgan fingerprint density at radius 1 is 1.26 bits per heavy atom. The van der Waals surface area contributed by atoms with Crippen LogP contribution in [0.5, 0.6) is 0 Å². The summed E-state index contributed by atoms with van der Waals surface area (Å²) in [5.74, 6) is 0.250. The van der Waals surface area contributed by atoms with Gasteiger partial charge in [-0.25, -0.2) is 4.98 Å². The lowest BCUT2D eigenvalue weighted by atomic mass is 9.99. The van der Waals surface area contributed by atoms with Crippen molar-refractivity contribution in [2.75, 3.05) is 18.4 Å². The molecule has 1 fully saturated rings. The summed E-state index contributed by atoms with van der Waals surface area (Å²) in [5, 5.41) is 7.27. The van der Waals surface area contributed by atoms with Gasteiger partial charge in [-0.3, -0.25) is 9.59 Å². The standard InChI is InChI=1S/C22H18BrClN4O3/c23-12-3-6-17-15(8-12)18-19(31-17)22(30)28-20(27-18)14-5-4-13(9-16(14)24)26-21(29)11-2-1-7-25-10-11/h3-6,8-9,11,25H,1-2,7,10H2,(H,26,29)(H,27,28,30). The Bertz CT molecular complexity index is 1370. The first-order valence-corrected chi connectivity index (χ1v) is 11.1. The highest BCUT2D eigenvalue weighted by molar-refractivity contribution is 9.10. The number of aromatic amines is 1. The van der Waals surface area contributed by atoms with E-state index in [0.717, 1.165) is 29.2 Å². The van der Waals surface area contributed by atoms with Crippen LogP contribution in [0.4, 0.5) is 5.69 Å². The lowest BCUT2D eigenvalue weighted by Gasteiger charge is -2.22. The average Bonchev–Trinajstić information content (AvgIpc) is 3.13. The summed E-state index contributed by atoms with van der Waals surface area (Å²) in [6, 6.07) is 10.6. The van der Waals surface area contributed by atoms with Crippen molar-refractivity contribution in [1.82, 2.24) is 15.3 Å². The number of anilines is 1. The molecule has 3 heterocycles. The fourth-order valence-electron chi connectivity index (χ4n) is 3.86. The summed E-state index contributed by atoms with van der Waals surface area (Å²) in [4.78, 5) is 32.5. The summed E-state index contributed by atoms with van der Waals surface area (Å²) in [7, 11) is 0. The molecule has 0 radical (unpaired) electrons. The van der Waals surface area contributed by atoms with Crippen molar-refractivity contribution in [3.8, 4) is 11.4 Å². The van der Waals surface area contributed by atoms with Gasteiger partial charge in [-0.15, -0.1) is 0 Å². The molecule has 1 saturated heterocycles. The lowest BCUT2D eigenvalue weighted by molar-refractivity contribution is -0.120. The van der Waals surface area contributed by atoms with Crippen LogP contribution in [0.1, 0.15) is 12.8 Å².